The number of carbonyl (C=O) groups excluding carboxylic acids is 1. The van der Waals surface area contributed by atoms with Crippen LogP contribution in [-0.4, -0.2) is 23.3 Å². The Labute approximate surface area is 185 Å². The Bertz CT molecular complexity index is 1110. The van der Waals surface area contributed by atoms with Gasteiger partial charge < -0.3 is 5.32 Å². The molecule has 2 fully saturated rings. The van der Waals surface area contributed by atoms with Gasteiger partial charge in [0.1, 0.15) is 5.54 Å². The van der Waals surface area contributed by atoms with Crippen LogP contribution in [0.15, 0.2) is 66.0 Å². The van der Waals surface area contributed by atoms with E-state index in [1.165, 1.54) is 4.88 Å². The lowest BCUT2D eigenvalue weighted by molar-refractivity contribution is -0.132. The smallest absolute Gasteiger partial charge is 0.260 e. The van der Waals surface area contributed by atoms with Gasteiger partial charge >= 0.3 is 0 Å². The fourth-order valence-corrected chi connectivity index (χ4v) is 5.24. The molecule has 0 radical (unpaired) electrons. The molecule has 1 saturated heterocycles. The molecule has 1 saturated carbocycles. The summed E-state index contributed by atoms with van der Waals surface area (Å²) in [5, 5.41) is 14.5. The minimum absolute atomic E-state index is 0.00481. The summed E-state index contributed by atoms with van der Waals surface area (Å²) >= 11 is 7.87. The summed E-state index contributed by atoms with van der Waals surface area (Å²) < 4.78 is 0. The topological polar surface area (TPSA) is 56.2 Å². The van der Waals surface area contributed by atoms with E-state index in [0.717, 1.165) is 36.0 Å². The van der Waals surface area contributed by atoms with Crippen molar-refractivity contribution < 1.29 is 4.79 Å². The van der Waals surface area contributed by atoms with Crippen molar-refractivity contribution in [3.8, 4) is 11.1 Å². The maximum atomic E-state index is 13.7. The number of benzene rings is 2. The van der Waals surface area contributed by atoms with E-state index in [0.29, 0.717) is 11.6 Å². The summed E-state index contributed by atoms with van der Waals surface area (Å²) in [6, 6.07) is 19.9. The molecule has 30 heavy (non-hydrogen) atoms. The van der Waals surface area contributed by atoms with E-state index in [9.17, 15) is 4.79 Å². The Kier molecular flexibility index (Phi) is 4.88. The van der Waals surface area contributed by atoms with E-state index in [-0.39, 0.29) is 17.8 Å². The number of halogens is 1. The molecular weight excluding hydrogens is 414 g/mol. The van der Waals surface area contributed by atoms with E-state index in [1.54, 1.807) is 16.2 Å². The second-order valence-electron chi connectivity index (χ2n) is 7.93. The molecule has 1 atom stereocenters. The SMILES string of the molecule is N=C1NC(c2cccc(-c3cccc(Cl)c3)c2)(C2CC2)C(=O)N1CCc1cccs1. The number of hydrogen-bond donors (Lipinski definition) is 2. The molecule has 2 aliphatic rings. The first-order chi connectivity index (χ1) is 14.6. The number of nitrogens with zero attached hydrogens (tertiary/aromatic N) is 1. The molecule has 152 valence electrons. The number of carbonyl (C=O) groups is 1. The molecule has 4 nitrogen and oxygen atoms in total. The highest BCUT2D eigenvalue weighted by atomic mass is 35.5. The maximum Gasteiger partial charge on any atom is 0.260 e. The first-order valence-corrected chi connectivity index (χ1v) is 11.4. The van der Waals surface area contributed by atoms with Crippen molar-refractivity contribution in [2.24, 2.45) is 5.92 Å². The zero-order chi connectivity index (χ0) is 20.7. The second kappa shape index (κ2) is 7.56. The molecular formula is C24H22ClN3OS. The Morgan fingerprint density at radius 2 is 1.87 bits per heavy atom. The Balaban J connectivity index is 1.49. The van der Waals surface area contributed by atoms with Crippen LogP contribution < -0.4 is 5.32 Å². The second-order valence-corrected chi connectivity index (χ2v) is 9.40. The highest BCUT2D eigenvalue weighted by Gasteiger charge is 2.58. The minimum atomic E-state index is -0.846. The number of hydrogen-bond acceptors (Lipinski definition) is 3. The van der Waals surface area contributed by atoms with Crippen molar-refractivity contribution in [1.29, 1.82) is 5.41 Å². The lowest BCUT2D eigenvalue weighted by atomic mass is 9.83. The van der Waals surface area contributed by atoms with Crippen molar-refractivity contribution in [2.75, 3.05) is 6.54 Å². The van der Waals surface area contributed by atoms with Crippen LogP contribution in [0.25, 0.3) is 11.1 Å². The highest BCUT2D eigenvalue weighted by Crippen LogP contribution is 2.49. The average Bonchev–Trinajstić information content (AvgIpc) is 3.41. The van der Waals surface area contributed by atoms with Crippen LogP contribution in [0.3, 0.4) is 0 Å². The molecule has 1 aliphatic heterocycles. The van der Waals surface area contributed by atoms with E-state index in [2.05, 4.69) is 17.4 Å². The third-order valence-corrected chi connectivity index (χ3v) is 7.17. The van der Waals surface area contributed by atoms with Gasteiger partial charge in [0, 0.05) is 16.4 Å². The summed E-state index contributed by atoms with van der Waals surface area (Å²) in [4.78, 5) is 16.5. The van der Waals surface area contributed by atoms with Crippen LogP contribution in [0, 0.1) is 11.3 Å². The molecule has 3 aromatic rings. The molecule has 0 bridgehead atoms. The van der Waals surface area contributed by atoms with Crippen molar-refractivity contribution in [2.45, 2.75) is 24.8 Å². The zero-order valence-corrected chi connectivity index (χ0v) is 18.0. The number of rotatable bonds is 6. The third-order valence-electron chi connectivity index (χ3n) is 6.00. The zero-order valence-electron chi connectivity index (χ0n) is 16.4. The van der Waals surface area contributed by atoms with E-state index >= 15 is 0 Å². The highest BCUT2D eigenvalue weighted by molar-refractivity contribution is 7.09. The lowest BCUT2D eigenvalue weighted by Crippen LogP contribution is -2.46. The standard InChI is InChI=1S/C24H22ClN3OS/c25-20-7-2-5-17(15-20)16-4-1-6-19(14-16)24(18-9-10-18)22(29)28(23(26)27-24)12-11-21-8-3-13-30-21/h1-8,13-15,18H,9-12H2,(H2,26,27). The molecule has 0 spiro atoms. The van der Waals surface area contributed by atoms with Crippen molar-refractivity contribution in [1.82, 2.24) is 10.2 Å². The number of nitrogens with one attached hydrogen (secondary N) is 2. The molecule has 2 aromatic carbocycles. The first kappa shape index (κ1) is 19.3. The average molecular weight is 436 g/mol. The molecule has 6 heteroatoms. The molecule has 1 aliphatic carbocycles. The van der Waals surface area contributed by atoms with Crippen LogP contribution in [0.1, 0.15) is 23.3 Å². The van der Waals surface area contributed by atoms with Gasteiger partial charge in [0.25, 0.3) is 5.91 Å². The molecule has 1 unspecified atom stereocenters. The largest absolute Gasteiger partial charge is 0.338 e. The van der Waals surface area contributed by atoms with E-state index in [1.807, 2.05) is 53.9 Å². The van der Waals surface area contributed by atoms with E-state index in [4.69, 9.17) is 17.0 Å². The normalized spacial score (nSPS) is 21.2. The fraction of sp³-hybridized carbons (Fsp3) is 0.250. The minimum Gasteiger partial charge on any atom is -0.338 e. The summed E-state index contributed by atoms with van der Waals surface area (Å²) in [7, 11) is 0. The van der Waals surface area contributed by atoms with Gasteiger partial charge in [-0.1, -0.05) is 48.0 Å². The Hall–Kier alpha value is -2.63. The van der Waals surface area contributed by atoms with Gasteiger partial charge in [-0.3, -0.25) is 15.1 Å². The quantitative estimate of drug-likeness (QED) is 0.553. The van der Waals surface area contributed by atoms with Crippen LogP contribution in [0.2, 0.25) is 5.02 Å². The predicted octanol–water partition coefficient (Wildman–Crippen LogP) is 5.28. The fourth-order valence-electron chi connectivity index (χ4n) is 4.35. The van der Waals surface area contributed by atoms with Crippen LogP contribution >= 0.6 is 22.9 Å². The van der Waals surface area contributed by atoms with Gasteiger partial charge in [-0.15, -0.1) is 11.3 Å². The van der Waals surface area contributed by atoms with Gasteiger partial charge in [0.15, 0.2) is 5.96 Å². The van der Waals surface area contributed by atoms with Crippen LogP contribution in [0.4, 0.5) is 0 Å². The van der Waals surface area contributed by atoms with Crippen molar-refractivity contribution >= 4 is 34.8 Å². The lowest BCUT2D eigenvalue weighted by Gasteiger charge is -2.28. The summed E-state index contributed by atoms with van der Waals surface area (Å²) in [6.07, 6.45) is 2.75. The molecule has 1 amide bonds. The van der Waals surface area contributed by atoms with Gasteiger partial charge in [-0.2, -0.15) is 0 Å². The monoisotopic (exact) mass is 435 g/mol. The van der Waals surface area contributed by atoms with Gasteiger partial charge in [0.2, 0.25) is 0 Å². The Morgan fingerprint density at radius 1 is 1.10 bits per heavy atom. The van der Waals surface area contributed by atoms with Gasteiger partial charge in [-0.05, 0) is 71.5 Å². The maximum absolute atomic E-state index is 13.7. The summed E-state index contributed by atoms with van der Waals surface area (Å²) in [5.74, 6) is 0.415. The molecule has 2 N–H and O–H groups in total. The number of guanidine groups is 1. The van der Waals surface area contributed by atoms with Crippen LogP contribution in [-0.2, 0) is 16.8 Å². The Morgan fingerprint density at radius 3 is 2.57 bits per heavy atom. The van der Waals surface area contributed by atoms with Crippen molar-refractivity contribution in [3.05, 3.63) is 81.5 Å². The predicted molar refractivity (Wildman–Crippen MR) is 122 cm³/mol. The van der Waals surface area contributed by atoms with Gasteiger partial charge in [-0.25, -0.2) is 0 Å². The number of amides is 1. The molecule has 5 rings (SSSR count). The summed E-state index contributed by atoms with van der Waals surface area (Å²) in [6.45, 7) is 0.521. The molecule has 2 heterocycles. The summed E-state index contributed by atoms with van der Waals surface area (Å²) in [5.41, 5.74) is 2.12. The third kappa shape index (κ3) is 3.32. The molecule has 1 aromatic heterocycles. The van der Waals surface area contributed by atoms with Gasteiger partial charge in [0.05, 0.1) is 0 Å². The van der Waals surface area contributed by atoms with Crippen molar-refractivity contribution in [3.63, 3.8) is 0 Å². The number of thiophene rings is 1. The first-order valence-electron chi connectivity index (χ1n) is 10.2. The van der Waals surface area contributed by atoms with E-state index < -0.39 is 5.54 Å². The van der Waals surface area contributed by atoms with Crippen LogP contribution in [0.5, 0.6) is 0 Å².